The van der Waals surface area contributed by atoms with Crippen molar-refractivity contribution in [2.75, 3.05) is 6.61 Å². The summed E-state index contributed by atoms with van der Waals surface area (Å²) < 4.78 is 5.55. The van der Waals surface area contributed by atoms with E-state index in [9.17, 15) is 30.2 Å². The zero-order valence-corrected chi connectivity index (χ0v) is 23.4. The van der Waals surface area contributed by atoms with E-state index >= 15 is 0 Å². The summed E-state index contributed by atoms with van der Waals surface area (Å²) in [7, 11) is 0. The van der Waals surface area contributed by atoms with Gasteiger partial charge >= 0.3 is 0 Å². The molecule has 10 nitrogen and oxygen atoms in total. The number of allylic oxidation sites excluding steroid dienone is 2. The molecule has 1 aliphatic rings. The van der Waals surface area contributed by atoms with Gasteiger partial charge in [0.25, 0.3) is 5.09 Å². The second-order valence-corrected chi connectivity index (χ2v) is 10.5. The summed E-state index contributed by atoms with van der Waals surface area (Å²) in [6.45, 7) is 0.210. The molecule has 4 N–H and O–H groups in total. The van der Waals surface area contributed by atoms with Gasteiger partial charge in [-0.15, -0.1) is 10.1 Å². The van der Waals surface area contributed by atoms with Gasteiger partial charge in [0.15, 0.2) is 0 Å². The summed E-state index contributed by atoms with van der Waals surface area (Å²) in [5.74, 6) is -0.0310. The quantitative estimate of drug-likeness (QED) is 0.0988. The molecular formula is C30H37ClN2O8. The van der Waals surface area contributed by atoms with Crippen LogP contribution in [-0.2, 0) is 22.8 Å². The van der Waals surface area contributed by atoms with Gasteiger partial charge in [0, 0.05) is 30.3 Å². The Morgan fingerprint density at radius 2 is 1.93 bits per heavy atom. The second-order valence-electron chi connectivity index (χ2n) is 10.0. The minimum Gasteiger partial charge on any atom is -0.491 e. The van der Waals surface area contributed by atoms with E-state index in [0.717, 1.165) is 5.56 Å². The third kappa shape index (κ3) is 11.5. The zero-order chi connectivity index (χ0) is 29.6. The molecule has 0 aliphatic heterocycles. The van der Waals surface area contributed by atoms with Gasteiger partial charge in [-0.05, 0) is 54.5 Å². The van der Waals surface area contributed by atoms with E-state index in [1.807, 2.05) is 18.2 Å². The van der Waals surface area contributed by atoms with E-state index < -0.39 is 23.4 Å². The second kappa shape index (κ2) is 16.7. The van der Waals surface area contributed by atoms with E-state index in [-0.39, 0.29) is 37.4 Å². The normalized spacial score (nSPS) is 21.3. The van der Waals surface area contributed by atoms with Crippen LogP contribution in [0, 0.1) is 22.0 Å². The van der Waals surface area contributed by atoms with Crippen molar-refractivity contribution in [2.45, 2.75) is 63.6 Å². The van der Waals surface area contributed by atoms with Gasteiger partial charge in [-0.1, -0.05) is 66.2 Å². The maximum atomic E-state index is 12.2. The molecule has 5 atom stereocenters. The summed E-state index contributed by atoms with van der Waals surface area (Å²) in [5.41, 5.74) is 1.47. The van der Waals surface area contributed by atoms with Crippen molar-refractivity contribution in [1.82, 2.24) is 5.32 Å². The first-order valence-corrected chi connectivity index (χ1v) is 14.0. The van der Waals surface area contributed by atoms with Crippen LogP contribution >= 0.6 is 11.6 Å². The highest BCUT2D eigenvalue weighted by atomic mass is 35.5. The summed E-state index contributed by atoms with van der Waals surface area (Å²) in [4.78, 5) is 26.9. The van der Waals surface area contributed by atoms with E-state index in [1.165, 1.54) is 0 Å². The van der Waals surface area contributed by atoms with Gasteiger partial charge in [-0.2, -0.15) is 0 Å². The SMILES string of the molecule is O=C(CCC/C=C\C[C@@H]1[C@@H](/C=C/[C@@H](O)COc2cccc(Cl)c2)[C@H](O)C[C@@H]1O)NCc1cccc(CO[N+](=O)[O-])c1. The topological polar surface area (TPSA) is 151 Å². The van der Waals surface area contributed by atoms with Crippen molar-refractivity contribution in [2.24, 2.45) is 11.8 Å². The van der Waals surface area contributed by atoms with Gasteiger partial charge in [0.05, 0.1) is 12.2 Å². The highest BCUT2D eigenvalue weighted by Crippen LogP contribution is 2.36. The maximum Gasteiger partial charge on any atom is 0.294 e. The number of halogens is 1. The molecule has 0 heterocycles. The maximum absolute atomic E-state index is 12.2. The van der Waals surface area contributed by atoms with Crippen molar-refractivity contribution in [3.8, 4) is 5.75 Å². The molecule has 0 bridgehead atoms. The van der Waals surface area contributed by atoms with Gasteiger partial charge < -0.3 is 30.2 Å². The lowest BCUT2D eigenvalue weighted by molar-refractivity contribution is -0.763. The van der Waals surface area contributed by atoms with Crippen LogP contribution in [0.3, 0.4) is 0 Å². The molecule has 1 aliphatic carbocycles. The van der Waals surface area contributed by atoms with Crippen molar-refractivity contribution in [3.05, 3.63) is 99.1 Å². The molecule has 222 valence electrons. The molecule has 2 aromatic rings. The molecule has 0 unspecified atom stereocenters. The van der Waals surface area contributed by atoms with Crippen LogP contribution in [0.5, 0.6) is 5.75 Å². The summed E-state index contributed by atoms with van der Waals surface area (Å²) in [6, 6.07) is 13.9. The Morgan fingerprint density at radius 3 is 2.71 bits per heavy atom. The molecular weight excluding hydrogens is 552 g/mol. The number of aliphatic hydroxyl groups is 3. The van der Waals surface area contributed by atoms with Gasteiger partial charge in [-0.25, -0.2) is 0 Å². The monoisotopic (exact) mass is 588 g/mol. The highest BCUT2D eigenvalue weighted by molar-refractivity contribution is 6.30. The van der Waals surface area contributed by atoms with E-state index in [2.05, 4.69) is 10.2 Å². The molecule has 0 aromatic heterocycles. The van der Waals surface area contributed by atoms with E-state index in [4.69, 9.17) is 16.3 Å². The fourth-order valence-electron chi connectivity index (χ4n) is 4.75. The average molecular weight is 589 g/mol. The van der Waals surface area contributed by atoms with E-state index in [0.29, 0.717) is 48.6 Å². The lowest BCUT2D eigenvalue weighted by Crippen LogP contribution is -2.22. The molecule has 1 saturated carbocycles. The smallest absolute Gasteiger partial charge is 0.294 e. The molecule has 41 heavy (non-hydrogen) atoms. The lowest BCUT2D eigenvalue weighted by atomic mass is 9.89. The zero-order valence-electron chi connectivity index (χ0n) is 22.7. The van der Waals surface area contributed by atoms with Gasteiger partial charge in [0.1, 0.15) is 25.1 Å². The molecule has 0 radical (unpaired) electrons. The largest absolute Gasteiger partial charge is 0.491 e. The Labute approximate surface area is 244 Å². The lowest BCUT2D eigenvalue weighted by Gasteiger charge is -2.19. The number of ether oxygens (including phenoxy) is 1. The molecule has 0 spiro atoms. The number of hydrogen-bond acceptors (Lipinski definition) is 8. The van der Waals surface area contributed by atoms with Gasteiger partial charge in [0.2, 0.25) is 5.91 Å². The average Bonchev–Trinajstić information content (AvgIpc) is 3.21. The number of carbonyl (C=O) groups excluding carboxylic acids is 1. The molecule has 2 aromatic carbocycles. The number of hydrogen-bond donors (Lipinski definition) is 4. The number of aliphatic hydroxyl groups excluding tert-OH is 3. The Morgan fingerprint density at radius 1 is 1.15 bits per heavy atom. The number of carbonyl (C=O) groups is 1. The number of nitrogens with zero attached hydrogens (tertiary/aromatic N) is 1. The van der Waals surface area contributed by atoms with Crippen LogP contribution < -0.4 is 10.1 Å². The summed E-state index contributed by atoms with van der Waals surface area (Å²) in [5, 5.41) is 44.1. The minimum atomic E-state index is -0.882. The first-order valence-electron chi connectivity index (χ1n) is 13.6. The van der Waals surface area contributed by atoms with Crippen LogP contribution in [0.4, 0.5) is 0 Å². The van der Waals surface area contributed by atoms with Crippen LogP contribution in [-0.4, -0.2) is 51.2 Å². The number of nitrogens with one attached hydrogen (secondary N) is 1. The molecule has 11 heteroatoms. The molecule has 1 amide bonds. The van der Waals surface area contributed by atoms with Crippen molar-refractivity contribution < 1.29 is 34.8 Å². The highest BCUT2D eigenvalue weighted by Gasteiger charge is 2.39. The van der Waals surface area contributed by atoms with Crippen molar-refractivity contribution in [1.29, 1.82) is 0 Å². The van der Waals surface area contributed by atoms with Gasteiger partial charge in [-0.3, -0.25) is 4.79 Å². The minimum absolute atomic E-state index is 0.0334. The first kappa shape index (κ1) is 32.1. The standard InChI is InChI=1S/C30H37ClN2O8/c31-23-9-6-10-25(16-23)40-20-24(34)13-14-27-26(28(35)17-29(27)36)11-3-1-2-4-12-30(37)32-18-21-7-5-8-22(15-21)19-41-33(38)39/h1,3,5-10,13-16,24,26-29,34-36H,2,4,11-12,17-20H2,(H,32,37)/b3-1-,14-13+/t24-,26-,27-,28+,29-/m1/s1. The Hall–Kier alpha value is -3.44. The third-order valence-corrected chi connectivity index (χ3v) is 7.09. The number of amides is 1. The fraction of sp³-hybridized carbons (Fsp3) is 0.433. The van der Waals surface area contributed by atoms with E-state index in [1.54, 1.807) is 54.6 Å². The van der Waals surface area contributed by atoms with Crippen molar-refractivity contribution >= 4 is 17.5 Å². The Bertz CT molecular complexity index is 1190. The van der Waals surface area contributed by atoms with Crippen LogP contribution in [0.25, 0.3) is 0 Å². The number of rotatable bonds is 16. The third-order valence-electron chi connectivity index (χ3n) is 6.86. The molecule has 0 saturated heterocycles. The summed E-state index contributed by atoms with van der Waals surface area (Å²) >= 11 is 5.94. The van der Waals surface area contributed by atoms with Crippen LogP contribution in [0.1, 0.15) is 43.2 Å². The Balaban J connectivity index is 1.36. The number of unbranched alkanes of at least 4 members (excludes halogenated alkanes) is 1. The number of benzene rings is 2. The predicted octanol–water partition coefficient (Wildman–Crippen LogP) is 4.14. The summed E-state index contributed by atoms with van der Waals surface area (Å²) in [6.07, 6.45) is 7.55. The Kier molecular flexibility index (Phi) is 13.1. The molecule has 3 rings (SSSR count). The van der Waals surface area contributed by atoms with Crippen LogP contribution in [0.2, 0.25) is 5.02 Å². The van der Waals surface area contributed by atoms with Crippen molar-refractivity contribution in [3.63, 3.8) is 0 Å². The first-order chi connectivity index (χ1) is 19.7. The molecule has 1 fully saturated rings. The fourth-order valence-corrected chi connectivity index (χ4v) is 4.93. The predicted molar refractivity (Wildman–Crippen MR) is 153 cm³/mol. The van der Waals surface area contributed by atoms with Crippen LogP contribution in [0.15, 0.2) is 72.8 Å².